The summed E-state index contributed by atoms with van der Waals surface area (Å²) < 4.78 is 31.7. The molecule has 4 amide bonds. The number of rotatable bonds is 7. The molecule has 41 heavy (non-hydrogen) atoms. The van der Waals surface area contributed by atoms with Crippen LogP contribution in [0.2, 0.25) is 0 Å². The largest absolute Gasteiger partial charge is 0.490 e. The van der Waals surface area contributed by atoms with Crippen LogP contribution in [0.4, 0.5) is 13.2 Å². The summed E-state index contributed by atoms with van der Waals surface area (Å²) in [7, 11) is 0. The second-order valence-electron chi connectivity index (χ2n) is 10.2. The van der Waals surface area contributed by atoms with Crippen molar-refractivity contribution in [3.63, 3.8) is 0 Å². The molecule has 0 unspecified atom stereocenters. The third-order valence-corrected chi connectivity index (χ3v) is 6.18. The topological polar surface area (TPSA) is 218 Å². The number of alkyl halides is 3. The maximum Gasteiger partial charge on any atom is 0.490 e. The van der Waals surface area contributed by atoms with Gasteiger partial charge in [-0.1, -0.05) is 40.0 Å². The molecule has 0 bridgehead atoms. The number of aliphatic carboxylic acids is 1. The lowest BCUT2D eigenvalue weighted by Crippen LogP contribution is -2.61. The zero-order valence-electron chi connectivity index (χ0n) is 24.0. The number of carbonyl (C=O) groups is 5. The number of carboxylic acids is 1. The van der Waals surface area contributed by atoms with Crippen molar-refractivity contribution < 1.29 is 42.3 Å². The summed E-state index contributed by atoms with van der Waals surface area (Å²) in [5, 5.41) is 18.4. The molecule has 13 nitrogen and oxygen atoms in total. The predicted molar refractivity (Wildman–Crippen MR) is 145 cm³/mol. The molecular weight excluding hydrogens is 551 g/mol. The monoisotopic (exact) mass is 595 g/mol. The Morgan fingerprint density at radius 2 is 1.66 bits per heavy atom. The van der Waals surface area contributed by atoms with Crippen LogP contribution in [0.25, 0.3) is 0 Å². The summed E-state index contributed by atoms with van der Waals surface area (Å²) in [5.41, 5.74) is 9.57. The molecular formula is C25H44F3N7O6. The molecule has 0 aromatic heterocycles. The Labute approximate surface area is 237 Å². The summed E-state index contributed by atoms with van der Waals surface area (Å²) in [6.45, 7) is 7.83. The van der Waals surface area contributed by atoms with E-state index >= 15 is 0 Å². The minimum absolute atomic E-state index is 0.0535. The first-order chi connectivity index (χ1) is 18.9. The van der Waals surface area contributed by atoms with Gasteiger partial charge >= 0.3 is 12.1 Å². The fourth-order valence-electron chi connectivity index (χ4n) is 3.66. The van der Waals surface area contributed by atoms with E-state index in [4.69, 9.17) is 21.4 Å². The van der Waals surface area contributed by atoms with Crippen molar-refractivity contribution >= 4 is 35.6 Å². The molecule has 0 spiro atoms. The highest BCUT2D eigenvalue weighted by Gasteiger charge is 2.39. The normalized spacial score (nSPS) is 22.9. The number of halogens is 3. The Balaban J connectivity index is 0.00000201. The maximum absolute atomic E-state index is 13.4. The van der Waals surface area contributed by atoms with Gasteiger partial charge in [0.1, 0.15) is 17.6 Å². The van der Waals surface area contributed by atoms with Crippen LogP contribution in [0.15, 0.2) is 4.99 Å². The van der Waals surface area contributed by atoms with Crippen molar-refractivity contribution in [3.05, 3.63) is 0 Å². The number of carboxylic acid groups (broad SMARTS) is 1. The Morgan fingerprint density at radius 3 is 2.17 bits per heavy atom. The zero-order chi connectivity index (χ0) is 31.8. The molecule has 16 heteroatoms. The van der Waals surface area contributed by atoms with Gasteiger partial charge in [0.25, 0.3) is 0 Å². The Morgan fingerprint density at radius 1 is 1.07 bits per heavy atom. The molecule has 0 radical (unpaired) electrons. The van der Waals surface area contributed by atoms with Gasteiger partial charge in [0.15, 0.2) is 5.96 Å². The molecule has 1 rings (SSSR count). The first kappa shape index (κ1) is 37.4. The quantitative estimate of drug-likeness (QED) is 0.126. The molecule has 1 aliphatic heterocycles. The number of aliphatic imine (C=N–C) groups is 1. The fourth-order valence-corrected chi connectivity index (χ4v) is 3.66. The summed E-state index contributed by atoms with van der Waals surface area (Å²) in [4.78, 5) is 64.3. The van der Waals surface area contributed by atoms with Crippen LogP contribution < -0.4 is 32.7 Å². The smallest absolute Gasteiger partial charge is 0.475 e. The van der Waals surface area contributed by atoms with Crippen molar-refractivity contribution in [2.24, 2.45) is 22.4 Å². The molecule has 1 heterocycles. The predicted octanol–water partition coefficient (Wildman–Crippen LogP) is 0.664. The highest BCUT2D eigenvalue weighted by atomic mass is 19.4. The molecule has 3 atom stereocenters. The van der Waals surface area contributed by atoms with Crippen molar-refractivity contribution in [1.29, 1.82) is 0 Å². The number of hydrogen-bond donors (Lipinski definition) is 7. The summed E-state index contributed by atoms with van der Waals surface area (Å²) in [6.07, 6.45) is -0.286. The van der Waals surface area contributed by atoms with E-state index in [1.54, 1.807) is 20.8 Å². The molecule has 0 saturated carbocycles. The minimum atomic E-state index is -5.08. The molecule has 1 fully saturated rings. The van der Waals surface area contributed by atoms with E-state index in [0.717, 1.165) is 25.7 Å². The van der Waals surface area contributed by atoms with Crippen molar-refractivity contribution in [2.75, 3.05) is 13.1 Å². The van der Waals surface area contributed by atoms with Crippen LogP contribution in [-0.4, -0.2) is 77.6 Å². The maximum atomic E-state index is 13.4. The van der Waals surface area contributed by atoms with E-state index in [1.165, 1.54) is 0 Å². The lowest BCUT2D eigenvalue weighted by molar-refractivity contribution is -0.192. The van der Waals surface area contributed by atoms with Gasteiger partial charge < -0.3 is 37.8 Å². The summed E-state index contributed by atoms with van der Waals surface area (Å²) >= 11 is 0. The zero-order valence-corrected chi connectivity index (χ0v) is 24.0. The Hall–Kier alpha value is -3.59. The van der Waals surface area contributed by atoms with E-state index in [2.05, 4.69) is 26.3 Å². The molecule has 1 saturated heterocycles. The summed E-state index contributed by atoms with van der Waals surface area (Å²) in [6, 6.07) is -1.62. The SMILES string of the molecule is CC[C@@H]1NC(=O)[C@H](CCCN=C(N)N)NC(=O)[C@](C)(NC(=O)C(C)C)CCCCCCNC1=O.O=C(O)C(F)(F)F. The van der Waals surface area contributed by atoms with Crippen LogP contribution in [0.1, 0.15) is 79.1 Å². The molecule has 1 aliphatic rings. The lowest BCUT2D eigenvalue weighted by atomic mass is 9.91. The average Bonchev–Trinajstić information content (AvgIpc) is 2.87. The number of nitrogens with two attached hydrogens (primary N) is 2. The van der Waals surface area contributed by atoms with Crippen LogP contribution in [0, 0.1) is 5.92 Å². The van der Waals surface area contributed by atoms with Gasteiger partial charge in [-0.3, -0.25) is 24.2 Å². The van der Waals surface area contributed by atoms with Gasteiger partial charge in [-0.25, -0.2) is 4.79 Å². The highest BCUT2D eigenvalue weighted by Crippen LogP contribution is 2.18. The molecule has 9 N–H and O–H groups in total. The van der Waals surface area contributed by atoms with E-state index in [-0.39, 0.29) is 30.1 Å². The third-order valence-electron chi connectivity index (χ3n) is 6.18. The highest BCUT2D eigenvalue weighted by molar-refractivity contribution is 5.96. The van der Waals surface area contributed by atoms with E-state index in [0.29, 0.717) is 32.4 Å². The van der Waals surface area contributed by atoms with Crippen LogP contribution in [-0.2, 0) is 24.0 Å². The van der Waals surface area contributed by atoms with Crippen molar-refractivity contribution in [3.8, 4) is 0 Å². The molecule has 0 aromatic rings. The first-order valence-electron chi connectivity index (χ1n) is 13.5. The third kappa shape index (κ3) is 15.1. The second kappa shape index (κ2) is 18.0. The first-order valence-corrected chi connectivity index (χ1v) is 13.5. The number of hydrogen-bond acceptors (Lipinski definition) is 6. The number of amides is 4. The molecule has 236 valence electrons. The fraction of sp³-hybridized carbons (Fsp3) is 0.760. The molecule has 0 aromatic carbocycles. The van der Waals surface area contributed by atoms with Gasteiger partial charge in [0.2, 0.25) is 23.6 Å². The van der Waals surface area contributed by atoms with Gasteiger partial charge in [-0.05, 0) is 39.0 Å². The lowest BCUT2D eigenvalue weighted by Gasteiger charge is -2.32. The van der Waals surface area contributed by atoms with Gasteiger partial charge in [0.05, 0.1) is 0 Å². The van der Waals surface area contributed by atoms with Crippen molar-refractivity contribution in [2.45, 2.75) is 103 Å². The van der Waals surface area contributed by atoms with Crippen molar-refractivity contribution in [1.82, 2.24) is 21.3 Å². The number of guanidine groups is 1. The number of nitrogens with one attached hydrogen (secondary N) is 4. The van der Waals surface area contributed by atoms with E-state index < -0.39 is 41.6 Å². The van der Waals surface area contributed by atoms with E-state index in [1.807, 2.05) is 6.92 Å². The van der Waals surface area contributed by atoms with Gasteiger partial charge in [0, 0.05) is 19.0 Å². The molecule has 0 aliphatic carbocycles. The summed E-state index contributed by atoms with van der Waals surface area (Å²) in [5.74, 6) is -4.48. The average molecular weight is 596 g/mol. The van der Waals surface area contributed by atoms with Crippen LogP contribution in [0.5, 0.6) is 0 Å². The Kier molecular flexibility index (Phi) is 16.4. The standard InChI is InChI=1S/C23H43N7O4.C2HF3O2/c1-5-16-19(32)26-13-9-7-6-8-12-23(4,30-18(31)15(2)3)21(34)29-17(20(33)28-16)11-10-14-27-22(24)25;3-2(4,5)1(6)7/h15-17H,5-14H2,1-4H3,(H,26,32)(H,28,33)(H,29,34)(H,30,31)(H4,24,25,27);(H,6,7)/t16-,17-,23+;/m0./s1. The van der Waals surface area contributed by atoms with Gasteiger partial charge in [-0.15, -0.1) is 0 Å². The van der Waals surface area contributed by atoms with Crippen LogP contribution in [0.3, 0.4) is 0 Å². The Bertz CT molecular complexity index is 926. The number of carbonyl (C=O) groups excluding carboxylic acids is 4. The van der Waals surface area contributed by atoms with E-state index in [9.17, 15) is 32.3 Å². The number of nitrogens with zero attached hydrogens (tertiary/aromatic N) is 1. The van der Waals surface area contributed by atoms with Crippen LogP contribution >= 0.6 is 0 Å². The van der Waals surface area contributed by atoms with Gasteiger partial charge in [-0.2, -0.15) is 13.2 Å². The minimum Gasteiger partial charge on any atom is -0.475 e. The second-order valence-corrected chi connectivity index (χ2v) is 10.2.